The van der Waals surface area contributed by atoms with Crippen molar-refractivity contribution in [1.29, 1.82) is 5.26 Å². The van der Waals surface area contributed by atoms with Gasteiger partial charge in [0.25, 0.3) is 0 Å². The van der Waals surface area contributed by atoms with E-state index in [-0.39, 0.29) is 0 Å². The second kappa shape index (κ2) is 6.80. The fourth-order valence-corrected chi connectivity index (χ4v) is 2.86. The van der Waals surface area contributed by atoms with Crippen LogP contribution in [0.3, 0.4) is 0 Å². The second-order valence-corrected chi connectivity index (χ2v) is 5.93. The van der Waals surface area contributed by atoms with Crippen LogP contribution in [0.2, 0.25) is 0 Å². The highest BCUT2D eigenvalue weighted by atomic mass is 19.1. The summed E-state index contributed by atoms with van der Waals surface area (Å²) in [5, 5.41) is 10.9. The standard InChI is InChI=1S/C21H17F2N/c1-2-3-4-14-5-6-16-10-17(8-7-15(16)9-14)18-11-20(22)19(13-24)21(23)12-18/h5-12H,2-4H2,1H3. The van der Waals surface area contributed by atoms with Gasteiger partial charge in [0.15, 0.2) is 0 Å². The van der Waals surface area contributed by atoms with E-state index in [9.17, 15) is 8.78 Å². The Morgan fingerprint density at radius 2 is 1.54 bits per heavy atom. The van der Waals surface area contributed by atoms with Crippen LogP contribution in [0.25, 0.3) is 21.9 Å². The van der Waals surface area contributed by atoms with E-state index in [2.05, 4.69) is 19.1 Å². The first-order valence-electron chi connectivity index (χ1n) is 8.04. The molecular formula is C21H17F2N. The highest BCUT2D eigenvalue weighted by Gasteiger charge is 2.12. The number of hydrogen-bond acceptors (Lipinski definition) is 1. The lowest BCUT2D eigenvalue weighted by molar-refractivity contribution is 0.577. The number of fused-ring (bicyclic) bond motifs is 1. The van der Waals surface area contributed by atoms with Crippen LogP contribution in [0.15, 0.2) is 48.5 Å². The molecular weight excluding hydrogens is 304 g/mol. The monoisotopic (exact) mass is 321 g/mol. The van der Waals surface area contributed by atoms with Crippen LogP contribution in [-0.2, 0) is 6.42 Å². The van der Waals surface area contributed by atoms with E-state index in [1.165, 1.54) is 17.7 Å². The minimum absolute atomic E-state index is 0.431. The molecule has 0 fully saturated rings. The molecule has 0 heterocycles. The first kappa shape index (κ1) is 16.1. The molecule has 0 atom stereocenters. The lowest BCUT2D eigenvalue weighted by Gasteiger charge is -2.08. The van der Waals surface area contributed by atoms with Crippen molar-refractivity contribution in [3.63, 3.8) is 0 Å². The lowest BCUT2D eigenvalue weighted by atomic mass is 9.98. The van der Waals surface area contributed by atoms with Crippen LogP contribution < -0.4 is 0 Å². The highest BCUT2D eigenvalue weighted by molar-refractivity contribution is 5.88. The zero-order valence-electron chi connectivity index (χ0n) is 13.4. The van der Waals surface area contributed by atoms with Crippen LogP contribution in [0.4, 0.5) is 8.78 Å². The zero-order valence-corrected chi connectivity index (χ0v) is 13.4. The van der Waals surface area contributed by atoms with Gasteiger partial charge in [0.05, 0.1) is 0 Å². The normalized spacial score (nSPS) is 10.8. The number of nitriles is 1. The van der Waals surface area contributed by atoms with Crippen molar-refractivity contribution in [2.24, 2.45) is 0 Å². The van der Waals surface area contributed by atoms with Crippen molar-refractivity contribution >= 4 is 10.8 Å². The molecule has 0 radical (unpaired) electrons. The molecule has 0 aliphatic heterocycles. The molecule has 24 heavy (non-hydrogen) atoms. The Kier molecular flexibility index (Phi) is 4.57. The largest absolute Gasteiger partial charge is 0.205 e. The van der Waals surface area contributed by atoms with Gasteiger partial charge in [-0.3, -0.25) is 0 Å². The van der Waals surface area contributed by atoms with Crippen molar-refractivity contribution < 1.29 is 8.78 Å². The summed E-state index contributed by atoms with van der Waals surface area (Å²) in [6, 6.07) is 16.0. The molecule has 0 saturated carbocycles. The fourth-order valence-electron chi connectivity index (χ4n) is 2.86. The third kappa shape index (κ3) is 3.14. The third-order valence-electron chi connectivity index (χ3n) is 4.21. The maximum Gasteiger partial charge on any atom is 0.144 e. The lowest BCUT2D eigenvalue weighted by Crippen LogP contribution is -1.92. The second-order valence-electron chi connectivity index (χ2n) is 5.93. The number of halogens is 2. The molecule has 3 aromatic rings. The average molecular weight is 321 g/mol. The Balaban J connectivity index is 2.01. The quantitative estimate of drug-likeness (QED) is 0.578. The van der Waals surface area contributed by atoms with Gasteiger partial charge in [-0.2, -0.15) is 5.26 Å². The molecule has 3 rings (SSSR count). The summed E-state index contributed by atoms with van der Waals surface area (Å²) in [7, 11) is 0. The molecule has 0 amide bonds. The molecule has 0 unspecified atom stereocenters. The molecule has 0 aliphatic carbocycles. The topological polar surface area (TPSA) is 23.8 Å². The van der Waals surface area contributed by atoms with E-state index < -0.39 is 17.2 Å². The van der Waals surface area contributed by atoms with Crippen molar-refractivity contribution in [3.8, 4) is 17.2 Å². The van der Waals surface area contributed by atoms with Crippen LogP contribution in [-0.4, -0.2) is 0 Å². The van der Waals surface area contributed by atoms with Crippen molar-refractivity contribution in [3.05, 3.63) is 71.3 Å². The van der Waals surface area contributed by atoms with Crippen LogP contribution in [0.5, 0.6) is 0 Å². The summed E-state index contributed by atoms with van der Waals surface area (Å²) in [4.78, 5) is 0. The summed E-state index contributed by atoms with van der Waals surface area (Å²) >= 11 is 0. The van der Waals surface area contributed by atoms with Crippen LogP contribution in [0, 0.1) is 23.0 Å². The molecule has 0 saturated heterocycles. The summed E-state index contributed by atoms with van der Waals surface area (Å²) < 4.78 is 27.6. The van der Waals surface area contributed by atoms with Gasteiger partial charge in [0.1, 0.15) is 23.3 Å². The van der Waals surface area contributed by atoms with Crippen molar-refractivity contribution in [1.82, 2.24) is 0 Å². The highest BCUT2D eigenvalue weighted by Crippen LogP contribution is 2.28. The molecule has 1 nitrogen and oxygen atoms in total. The summed E-state index contributed by atoms with van der Waals surface area (Å²) in [6.07, 6.45) is 3.38. The van der Waals surface area contributed by atoms with Gasteiger partial charge in [0.2, 0.25) is 0 Å². The first-order valence-corrected chi connectivity index (χ1v) is 8.04. The van der Waals surface area contributed by atoms with E-state index in [1.807, 2.05) is 24.3 Å². The summed E-state index contributed by atoms with van der Waals surface area (Å²) in [5.74, 6) is -1.66. The van der Waals surface area contributed by atoms with Gasteiger partial charge >= 0.3 is 0 Å². The Morgan fingerprint density at radius 3 is 2.21 bits per heavy atom. The van der Waals surface area contributed by atoms with Crippen molar-refractivity contribution in [2.75, 3.05) is 0 Å². The smallest absolute Gasteiger partial charge is 0.144 e. The van der Waals surface area contributed by atoms with Gasteiger partial charge in [-0.1, -0.05) is 43.7 Å². The van der Waals surface area contributed by atoms with Gasteiger partial charge in [0, 0.05) is 0 Å². The Morgan fingerprint density at radius 1 is 0.875 bits per heavy atom. The maximum absolute atomic E-state index is 13.8. The van der Waals surface area contributed by atoms with E-state index >= 15 is 0 Å². The molecule has 3 aromatic carbocycles. The van der Waals surface area contributed by atoms with E-state index in [0.717, 1.165) is 35.6 Å². The predicted octanol–water partition coefficient (Wildman–Crippen LogP) is 6.00. The summed E-state index contributed by atoms with van der Waals surface area (Å²) in [6.45, 7) is 2.17. The number of hydrogen-bond donors (Lipinski definition) is 0. The number of benzene rings is 3. The Labute approximate surface area is 140 Å². The minimum Gasteiger partial charge on any atom is -0.205 e. The van der Waals surface area contributed by atoms with E-state index in [0.29, 0.717) is 5.56 Å². The molecule has 3 heteroatoms. The summed E-state index contributed by atoms with van der Waals surface area (Å²) in [5.41, 5.74) is 1.92. The molecule has 120 valence electrons. The average Bonchev–Trinajstić information content (AvgIpc) is 2.59. The predicted molar refractivity (Wildman–Crippen MR) is 92.6 cm³/mol. The van der Waals surface area contributed by atoms with Gasteiger partial charge in [-0.25, -0.2) is 8.78 Å². The third-order valence-corrected chi connectivity index (χ3v) is 4.21. The van der Waals surface area contributed by atoms with Gasteiger partial charge in [-0.15, -0.1) is 0 Å². The number of unbranched alkanes of at least 4 members (excludes halogenated alkanes) is 1. The van der Waals surface area contributed by atoms with E-state index in [1.54, 1.807) is 6.07 Å². The zero-order chi connectivity index (χ0) is 17.1. The Hall–Kier alpha value is -2.73. The molecule has 0 aromatic heterocycles. The number of nitrogens with zero attached hydrogens (tertiary/aromatic N) is 1. The van der Waals surface area contributed by atoms with Gasteiger partial charge in [-0.05, 0) is 58.5 Å². The maximum atomic E-state index is 13.8. The molecule has 0 spiro atoms. The molecule has 0 bridgehead atoms. The number of rotatable bonds is 4. The fraction of sp³-hybridized carbons (Fsp3) is 0.190. The molecule has 0 N–H and O–H groups in total. The molecule has 0 aliphatic rings. The van der Waals surface area contributed by atoms with Crippen molar-refractivity contribution in [2.45, 2.75) is 26.2 Å². The van der Waals surface area contributed by atoms with Crippen LogP contribution in [0.1, 0.15) is 30.9 Å². The first-order chi connectivity index (χ1) is 11.6. The number of aryl methyl sites for hydroxylation is 1. The van der Waals surface area contributed by atoms with Gasteiger partial charge < -0.3 is 0 Å². The SMILES string of the molecule is CCCCc1ccc2cc(-c3cc(F)c(C#N)c(F)c3)ccc2c1. The Bertz CT molecular complexity index is 915. The minimum atomic E-state index is -0.831. The van der Waals surface area contributed by atoms with E-state index in [4.69, 9.17) is 5.26 Å². The van der Waals surface area contributed by atoms with Crippen LogP contribution >= 0.6 is 0 Å².